The van der Waals surface area contributed by atoms with Crippen molar-refractivity contribution in [1.29, 1.82) is 0 Å². The van der Waals surface area contributed by atoms with Crippen LogP contribution in [0.5, 0.6) is 0 Å². The molecule has 0 radical (unpaired) electrons. The standard InChI is InChI=1S/C18H21FN2OS/c1-21(2)16(13-7-10-23-12-13)11-20-17(22)18(8-9-18)14-3-5-15(19)6-4-14/h3-7,10,12,16H,8-9,11H2,1-2H3,(H,20,22). The van der Waals surface area contributed by atoms with Crippen LogP contribution in [-0.4, -0.2) is 31.4 Å². The quantitative estimate of drug-likeness (QED) is 0.880. The molecular weight excluding hydrogens is 311 g/mol. The summed E-state index contributed by atoms with van der Waals surface area (Å²) >= 11 is 1.66. The first kappa shape index (κ1) is 16.1. The second-order valence-electron chi connectivity index (χ2n) is 6.34. The van der Waals surface area contributed by atoms with E-state index in [-0.39, 0.29) is 17.8 Å². The SMILES string of the molecule is CN(C)C(CNC(=O)C1(c2ccc(F)cc2)CC1)c1ccsc1. The van der Waals surface area contributed by atoms with Gasteiger partial charge in [-0.05, 0) is 67.0 Å². The lowest BCUT2D eigenvalue weighted by atomic mass is 9.94. The number of halogens is 1. The second-order valence-corrected chi connectivity index (χ2v) is 7.12. The van der Waals surface area contributed by atoms with Crippen LogP contribution < -0.4 is 5.32 Å². The number of nitrogens with zero attached hydrogens (tertiary/aromatic N) is 1. The van der Waals surface area contributed by atoms with Crippen molar-refractivity contribution in [3.63, 3.8) is 0 Å². The summed E-state index contributed by atoms with van der Waals surface area (Å²) < 4.78 is 13.1. The van der Waals surface area contributed by atoms with Gasteiger partial charge >= 0.3 is 0 Å². The Morgan fingerprint density at radius 2 is 2.00 bits per heavy atom. The van der Waals surface area contributed by atoms with E-state index in [9.17, 15) is 9.18 Å². The molecule has 1 amide bonds. The van der Waals surface area contributed by atoms with Crippen LogP contribution in [-0.2, 0) is 10.2 Å². The summed E-state index contributed by atoms with van der Waals surface area (Å²) in [7, 11) is 4.03. The van der Waals surface area contributed by atoms with E-state index in [4.69, 9.17) is 0 Å². The smallest absolute Gasteiger partial charge is 0.230 e. The number of benzene rings is 1. The Morgan fingerprint density at radius 3 is 2.52 bits per heavy atom. The Bertz CT molecular complexity index is 663. The van der Waals surface area contributed by atoms with E-state index in [0.29, 0.717) is 6.54 Å². The normalized spacial score (nSPS) is 17.0. The van der Waals surface area contributed by atoms with Gasteiger partial charge in [0.15, 0.2) is 0 Å². The van der Waals surface area contributed by atoms with E-state index in [1.165, 1.54) is 17.7 Å². The molecule has 1 aliphatic carbocycles. The molecule has 1 N–H and O–H groups in total. The van der Waals surface area contributed by atoms with E-state index in [1.807, 2.05) is 14.1 Å². The van der Waals surface area contributed by atoms with Gasteiger partial charge in [0.2, 0.25) is 5.91 Å². The largest absolute Gasteiger partial charge is 0.353 e. The molecule has 0 aliphatic heterocycles. The van der Waals surface area contributed by atoms with Crippen LogP contribution >= 0.6 is 11.3 Å². The lowest BCUT2D eigenvalue weighted by Crippen LogP contribution is -2.40. The van der Waals surface area contributed by atoms with Crippen LogP contribution in [0.25, 0.3) is 0 Å². The predicted molar refractivity (Wildman–Crippen MR) is 91.1 cm³/mol. The molecule has 0 bridgehead atoms. The van der Waals surface area contributed by atoms with Crippen molar-refractivity contribution in [2.45, 2.75) is 24.3 Å². The van der Waals surface area contributed by atoms with Crippen LogP contribution in [0.1, 0.15) is 30.0 Å². The molecule has 0 spiro atoms. The van der Waals surface area contributed by atoms with Crippen molar-refractivity contribution >= 4 is 17.2 Å². The van der Waals surface area contributed by atoms with Crippen molar-refractivity contribution in [1.82, 2.24) is 10.2 Å². The van der Waals surface area contributed by atoms with Gasteiger partial charge in [-0.25, -0.2) is 4.39 Å². The number of likely N-dealkylation sites (N-methyl/N-ethyl adjacent to an activating group) is 1. The van der Waals surface area contributed by atoms with Crippen LogP contribution in [0.2, 0.25) is 0 Å². The molecule has 5 heteroatoms. The van der Waals surface area contributed by atoms with Crippen molar-refractivity contribution in [2.24, 2.45) is 0 Å². The fourth-order valence-corrected chi connectivity index (χ4v) is 3.67. The lowest BCUT2D eigenvalue weighted by molar-refractivity contribution is -0.123. The fraction of sp³-hybridized carbons (Fsp3) is 0.389. The number of amides is 1. The van der Waals surface area contributed by atoms with E-state index < -0.39 is 5.41 Å². The molecule has 1 aromatic carbocycles. The van der Waals surface area contributed by atoms with Gasteiger partial charge in [0.25, 0.3) is 0 Å². The molecule has 1 aromatic heterocycles. The summed E-state index contributed by atoms with van der Waals surface area (Å²) in [5.41, 5.74) is 1.67. The number of nitrogens with one attached hydrogen (secondary N) is 1. The van der Waals surface area contributed by atoms with Crippen molar-refractivity contribution in [3.05, 3.63) is 58.0 Å². The van der Waals surface area contributed by atoms with E-state index in [2.05, 4.69) is 27.0 Å². The van der Waals surface area contributed by atoms with Gasteiger partial charge < -0.3 is 10.2 Å². The average Bonchev–Trinajstić information content (AvgIpc) is 3.17. The van der Waals surface area contributed by atoms with E-state index in [0.717, 1.165) is 18.4 Å². The molecule has 1 atom stereocenters. The molecule has 1 saturated carbocycles. The van der Waals surface area contributed by atoms with Crippen LogP contribution in [0, 0.1) is 5.82 Å². The van der Waals surface area contributed by atoms with Gasteiger partial charge in [0, 0.05) is 6.54 Å². The minimum absolute atomic E-state index is 0.0474. The number of carbonyl (C=O) groups excluding carboxylic acids is 1. The van der Waals surface area contributed by atoms with Crippen molar-refractivity contribution in [2.75, 3.05) is 20.6 Å². The summed E-state index contributed by atoms with van der Waals surface area (Å²) in [6.45, 7) is 0.575. The molecule has 0 saturated heterocycles. The highest BCUT2D eigenvalue weighted by molar-refractivity contribution is 7.07. The average molecular weight is 332 g/mol. The van der Waals surface area contributed by atoms with Gasteiger partial charge in [0.1, 0.15) is 5.82 Å². The minimum Gasteiger partial charge on any atom is -0.353 e. The maximum Gasteiger partial charge on any atom is 0.230 e. The Morgan fingerprint density at radius 1 is 1.30 bits per heavy atom. The maximum atomic E-state index is 13.1. The number of carbonyl (C=O) groups is 1. The Labute approximate surface area is 140 Å². The highest BCUT2D eigenvalue weighted by Gasteiger charge is 2.51. The zero-order chi connectivity index (χ0) is 16.4. The topological polar surface area (TPSA) is 32.3 Å². The van der Waals surface area contributed by atoms with Crippen LogP contribution in [0.4, 0.5) is 4.39 Å². The van der Waals surface area contributed by atoms with Gasteiger partial charge in [-0.2, -0.15) is 11.3 Å². The van der Waals surface area contributed by atoms with E-state index >= 15 is 0 Å². The summed E-state index contributed by atoms with van der Waals surface area (Å²) in [6.07, 6.45) is 1.66. The zero-order valence-electron chi connectivity index (χ0n) is 13.4. The Hall–Kier alpha value is -1.72. The first-order valence-electron chi connectivity index (χ1n) is 7.76. The zero-order valence-corrected chi connectivity index (χ0v) is 14.2. The monoisotopic (exact) mass is 332 g/mol. The second kappa shape index (κ2) is 6.42. The Kier molecular flexibility index (Phi) is 4.50. The lowest BCUT2D eigenvalue weighted by Gasteiger charge is -2.25. The summed E-state index contributed by atoms with van der Waals surface area (Å²) in [6, 6.07) is 8.56. The number of rotatable bonds is 6. The highest BCUT2D eigenvalue weighted by atomic mass is 32.1. The van der Waals surface area contributed by atoms with Gasteiger partial charge in [-0.15, -0.1) is 0 Å². The van der Waals surface area contributed by atoms with Gasteiger partial charge in [-0.3, -0.25) is 4.79 Å². The Balaban J connectivity index is 1.68. The molecule has 1 unspecified atom stereocenters. The maximum absolute atomic E-state index is 13.1. The molecule has 2 aromatic rings. The third-order valence-electron chi connectivity index (χ3n) is 4.59. The van der Waals surface area contributed by atoms with Crippen LogP contribution in [0.15, 0.2) is 41.1 Å². The first-order chi connectivity index (χ1) is 11.0. The summed E-state index contributed by atoms with van der Waals surface area (Å²) in [4.78, 5) is 14.8. The van der Waals surface area contributed by atoms with Crippen LogP contribution in [0.3, 0.4) is 0 Å². The summed E-state index contributed by atoms with van der Waals surface area (Å²) in [5, 5.41) is 7.26. The fourth-order valence-electron chi connectivity index (χ4n) is 2.96. The highest BCUT2D eigenvalue weighted by Crippen LogP contribution is 2.48. The molecular formula is C18H21FN2OS. The van der Waals surface area contributed by atoms with E-state index in [1.54, 1.807) is 23.5 Å². The molecule has 3 nitrogen and oxygen atoms in total. The van der Waals surface area contributed by atoms with Crippen molar-refractivity contribution < 1.29 is 9.18 Å². The molecule has 23 heavy (non-hydrogen) atoms. The minimum atomic E-state index is -0.459. The summed E-state index contributed by atoms with van der Waals surface area (Å²) in [5.74, 6) is -0.221. The molecule has 1 aliphatic rings. The van der Waals surface area contributed by atoms with Gasteiger partial charge in [-0.1, -0.05) is 12.1 Å². The third-order valence-corrected chi connectivity index (χ3v) is 5.29. The van der Waals surface area contributed by atoms with Gasteiger partial charge in [0.05, 0.1) is 11.5 Å². The molecule has 122 valence electrons. The molecule has 1 heterocycles. The number of thiophene rings is 1. The first-order valence-corrected chi connectivity index (χ1v) is 8.70. The molecule has 1 fully saturated rings. The number of hydrogen-bond donors (Lipinski definition) is 1. The number of hydrogen-bond acceptors (Lipinski definition) is 3. The molecule has 3 rings (SSSR count). The van der Waals surface area contributed by atoms with Crippen molar-refractivity contribution in [3.8, 4) is 0 Å². The predicted octanol–water partition coefficient (Wildman–Crippen LogP) is 3.34. The third kappa shape index (κ3) is 3.31.